The van der Waals surface area contributed by atoms with E-state index in [0.29, 0.717) is 54.7 Å². The van der Waals surface area contributed by atoms with Gasteiger partial charge in [-0.25, -0.2) is 9.97 Å². The lowest BCUT2D eigenvalue weighted by molar-refractivity contribution is -0.314. The summed E-state index contributed by atoms with van der Waals surface area (Å²) in [5.74, 6) is -1.80. The maximum absolute atomic E-state index is 15.3. The molecule has 4 heterocycles. The molecule has 7 aliphatic rings. The molecule has 0 spiro atoms. The lowest BCUT2D eigenvalue weighted by atomic mass is 9.57. The Kier molecular flexibility index (Phi) is 14.7. The maximum Gasteiger partial charge on any atom is 0.306 e. The van der Waals surface area contributed by atoms with Crippen molar-refractivity contribution in [1.29, 1.82) is 0 Å². The summed E-state index contributed by atoms with van der Waals surface area (Å²) >= 11 is 0. The zero-order chi connectivity index (χ0) is 44.7. The number of ether oxygens (including phenoxy) is 8. The van der Waals surface area contributed by atoms with Crippen LogP contribution in [0.3, 0.4) is 0 Å². The molecule has 0 radical (unpaired) electrons. The first-order chi connectivity index (χ1) is 30.3. The predicted octanol–water partition coefficient (Wildman–Crippen LogP) is 5.87. The van der Waals surface area contributed by atoms with Gasteiger partial charge in [-0.05, 0) is 114 Å². The lowest BCUT2D eigenvalue weighted by Crippen LogP contribution is -2.59. The van der Waals surface area contributed by atoms with Crippen LogP contribution in [0.1, 0.15) is 91.0 Å². The standard InChI is InChI=1S/C49H71N3O11/c1-10-30-12-11-13-39(63-41-15-28(23-52(5)6)14-25(2)59-41)26(3)44(54)38-19-35-33-16-31(62-49-48(58-9)47(57-8)46(56-7)27(4)60-49)17-34(33)36-18-32(29-21-50-24-51-22-29)45(55)43(36)42(35)37(38)20-40(53)61-30/h18-19,21-22,24-28,30-31,33-37,39,41-43,46-49H,10-17,20,23H2,1-9H3/t25?,26-,27?,28+,30+,31+,33-,34-,35+,36?,37-,39+,41+,42-,43?,46+,47?,48?,49+/m1/s1. The Bertz CT molecular complexity index is 1840. The van der Waals surface area contributed by atoms with Gasteiger partial charge >= 0.3 is 5.97 Å². The van der Waals surface area contributed by atoms with Gasteiger partial charge < -0.3 is 42.8 Å². The summed E-state index contributed by atoms with van der Waals surface area (Å²) in [7, 11) is 9.10. The van der Waals surface area contributed by atoms with E-state index in [9.17, 15) is 4.79 Å². The number of hydrogen-bond acceptors (Lipinski definition) is 14. The van der Waals surface area contributed by atoms with E-state index in [1.807, 2.05) is 20.8 Å². The van der Waals surface area contributed by atoms with Crippen LogP contribution >= 0.6 is 0 Å². The summed E-state index contributed by atoms with van der Waals surface area (Å²) < 4.78 is 50.5. The normalized spacial score (nSPS) is 43.2. The second-order valence-corrected chi connectivity index (χ2v) is 19.9. The molecule has 63 heavy (non-hydrogen) atoms. The second-order valence-electron chi connectivity index (χ2n) is 19.9. The topological polar surface area (TPSA) is 154 Å². The van der Waals surface area contributed by atoms with Crippen molar-refractivity contribution in [2.24, 2.45) is 53.3 Å². The number of Topliss-reactive ketones (excluding diaryl/α,β-unsaturated/α-hetero) is 2. The van der Waals surface area contributed by atoms with Crippen LogP contribution in [-0.4, -0.2) is 136 Å². The van der Waals surface area contributed by atoms with Gasteiger partial charge in [0.1, 0.15) is 30.7 Å². The van der Waals surface area contributed by atoms with Gasteiger partial charge in [0.2, 0.25) is 0 Å². The number of aromatic nitrogens is 2. The van der Waals surface area contributed by atoms with Crippen molar-refractivity contribution in [1.82, 2.24) is 14.9 Å². The molecule has 14 heteroatoms. The number of fused-ring (bicyclic) bond motifs is 8. The van der Waals surface area contributed by atoms with Crippen LogP contribution in [0.25, 0.3) is 5.57 Å². The van der Waals surface area contributed by atoms with Crippen LogP contribution < -0.4 is 0 Å². The second kappa shape index (κ2) is 19.9. The number of carbonyl (C=O) groups is 3. The zero-order valence-electron chi connectivity index (χ0n) is 38.8. The molecule has 3 saturated heterocycles. The molecule has 1 aromatic heterocycles. The van der Waals surface area contributed by atoms with E-state index in [0.717, 1.165) is 25.8 Å². The molecule has 19 atom stereocenters. The largest absolute Gasteiger partial charge is 0.462 e. The fourth-order valence-corrected chi connectivity index (χ4v) is 13.1. The Morgan fingerprint density at radius 2 is 1.52 bits per heavy atom. The minimum absolute atomic E-state index is 0.0168. The summed E-state index contributed by atoms with van der Waals surface area (Å²) in [5, 5.41) is 0. The van der Waals surface area contributed by atoms with Gasteiger partial charge in [0.25, 0.3) is 0 Å². The van der Waals surface area contributed by atoms with Gasteiger partial charge in [-0.15, -0.1) is 0 Å². The molecule has 0 bridgehead atoms. The van der Waals surface area contributed by atoms with Gasteiger partial charge in [0, 0.05) is 75.6 Å². The highest BCUT2D eigenvalue weighted by Gasteiger charge is 2.62. The summed E-state index contributed by atoms with van der Waals surface area (Å²) in [6.45, 7) is 9.03. The van der Waals surface area contributed by atoms with Gasteiger partial charge in [-0.2, -0.15) is 0 Å². The Hall–Kier alpha value is -2.95. The molecule has 0 N–H and O–H groups in total. The van der Waals surface area contributed by atoms with Crippen molar-refractivity contribution in [3.05, 3.63) is 42.0 Å². The number of methoxy groups -OCH3 is 3. The fourth-order valence-electron chi connectivity index (χ4n) is 13.1. The van der Waals surface area contributed by atoms with Gasteiger partial charge in [-0.3, -0.25) is 14.4 Å². The third kappa shape index (κ3) is 9.39. The fraction of sp³-hybridized carbons (Fsp3) is 0.776. The molecule has 0 amide bonds. The molecular formula is C49H71N3O11. The van der Waals surface area contributed by atoms with E-state index in [1.165, 1.54) is 6.33 Å². The zero-order valence-corrected chi connectivity index (χ0v) is 38.8. The maximum atomic E-state index is 15.3. The van der Waals surface area contributed by atoms with Gasteiger partial charge in [0.05, 0.1) is 30.8 Å². The van der Waals surface area contributed by atoms with E-state index in [4.69, 9.17) is 37.9 Å². The first kappa shape index (κ1) is 46.6. The van der Waals surface area contributed by atoms with Crippen LogP contribution in [0.4, 0.5) is 0 Å². The van der Waals surface area contributed by atoms with E-state index in [1.54, 1.807) is 33.7 Å². The first-order valence-corrected chi connectivity index (χ1v) is 23.7. The molecule has 6 unspecified atom stereocenters. The van der Waals surface area contributed by atoms with Crippen LogP contribution in [0.2, 0.25) is 0 Å². The average molecular weight is 878 g/mol. The number of nitrogens with zero attached hydrogens (tertiary/aromatic N) is 3. The highest BCUT2D eigenvalue weighted by molar-refractivity contribution is 6.24. The molecule has 1 aromatic rings. The van der Waals surface area contributed by atoms with Crippen LogP contribution in [0, 0.1) is 53.3 Å². The Labute approximate surface area is 373 Å². The SMILES string of the molecule is CC[C@H]1CCC[C@H](O[C@H]2C[C@@H](CN(C)C)CC(C)O2)[C@@H](C)C(=O)C2=C[C@H]3[C@@H]4C[C@H](O[C@@H]5OC(C)[C@H](OC)C(OC)C5OC)C[C@H]4C4C=C(c5cncnc5)C(=O)C4[C@H]3[C@@H]2CC(=O)O1. The minimum atomic E-state index is -0.706. The number of esters is 1. The van der Waals surface area contributed by atoms with E-state index in [2.05, 4.69) is 48.0 Å². The Balaban J connectivity index is 1.13. The van der Waals surface area contributed by atoms with Crippen LogP contribution in [0.5, 0.6) is 0 Å². The Morgan fingerprint density at radius 1 is 0.810 bits per heavy atom. The molecule has 5 fully saturated rings. The molecule has 4 aliphatic carbocycles. The van der Waals surface area contributed by atoms with E-state index < -0.39 is 48.6 Å². The smallest absolute Gasteiger partial charge is 0.306 e. The Morgan fingerprint density at radius 3 is 2.21 bits per heavy atom. The van der Waals surface area contributed by atoms with Gasteiger partial charge in [0.15, 0.2) is 24.1 Å². The van der Waals surface area contributed by atoms with Crippen molar-refractivity contribution < 1.29 is 52.3 Å². The quantitative estimate of drug-likeness (QED) is 0.244. The predicted molar refractivity (Wildman–Crippen MR) is 232 cm³/mol. The van der Waals surface area contributed by atoms with E-state index in [-0.39, 0.29) is 84.1 Å². The highest BCUT2D eigenvalue weighted by atomic mass is 16.7. The molecule has 2 saturated carbocycles. The summed E-state index contributed by atoms with van der Waals surface area (Å²) in [5.41, 5.74) is 1.91. The summed E-state index contributed by atoms with van der Waals surface area (Å²) in [6.07, 6.45) is 11.5. The van der Waals surface area contributed by atoms with Crippen LogP contribution in [-0.2, 0) is 52.3 Å². The number of allylic oxidation sites excluding steroid dienone is 4. The van der Waals surface area contributed by atoms with Crippen molar-refractivity contribution in [3.63, 3.8) is 0 Å². The van der Waals surface area contributed by atoms with Crippen molar-refractivity contribution in [3.8, 4) is 0 Å². The number of rotatable bonds is 11. The molecular weight excluding hydrogens is 807 g/mol. The number of ketones is 2. The monoisotopic (exact) mass is 878 g/mol. The molecule has 3 aliphatic heterocycles. The average Bonchev–Trinajstić information content (AvgIpc) is 3.94. The minimum Gasteiger partial charge on any atom is -0.462 e. The first-order valence-electron chi connectivity index (χ1n) is 23.7. The summed E-state index contributed by atoms with van der Waals surface area (Å²) in [4.78, 5) is 55.1. The van der Waals surface area contributed by atoms with Crippen LogP contribution in [0.15, 0.2) is 36.4 Å². The molecule has 8 rings (SSSR count). The van der Waals surface area contributed by atoms with E-state index >= 15 is 9.59 Å². The third-order valence-corrected chi connectivity index (χ3v) is 15.7. The highest BCUT2D eigenvalue weighted by Crippen LogP contribution is 2.63. The third-order valence-electron chi connectivity index (χ3n) is 15.7. The number of carbonyl (C=O) groups excluding carboxylic acids is 3. The molecule has 348 valence electrons. The van der Waals surface area contributed by atoms with Crippen molar-refractivity contribution in [2.45, 2.75) is 147 Å². The van der Waals surface area contributed by atoms with Crippen molar-refractivity contribution in [2.75, 3.05) is 42.0 Å². The molecule has 14 nitrogen and oxygen atoms in total. The molecule has 0 aromatic carbocycles. The number of hydrogen-bond donors (Lipinski definition) is 0. The van der Waals surface area contributed by atoms with Gasteiger partial charge in [-0.1, -0.05) is 26.0 Å². The summed E-state index contributed by atoms with van der Waals surface area (Å²) in [6, 6.07) is 0. The van der Waals surface area contributed by atoms with Crippen molar-refractivity contribution >= 4 is 23.1 Å². The lowest BCUT2D eigenvalue weighted by Gasteiger charge is -2.45. The number of cyclic esters (lactones) is 1.